The van der Waals surface area contributed by atoms with Crippen molar-refractivity contribution in [2.45, 2.75) is 6.92 Å². The zero-order chi connectivity index (χ0) is 19.7. The highest BCUT2D eigenvalue weighted by Crippen LogP contribution is 2.29. The van der Waals surface area contributed by atoms with Crippen molar-refractivity contribution in [3.8, 4) is 5.75 Å². The van der Waals surface area contributed by atoms with Crippen LogP contribution in [-0.4, -0.2) is 25.0 Å². The third-order valence-electron chi connectivity index (χ3n) is 4.12. The predicted molar refractivity (Wildman–Crippen MR) is 99.3 cm³/mol. The summed E-state index contributed by atoms with van der Waals surface area (Å²) in [7, 11) is 3.11. The van der Waals surface area contributed by atoms with Crippen LogP contribution in [0, 0.1) is 10.1 Å². The number of hydrogen-bond donors (Lipinski definition) is 0. The van der Waals surface area contributed by atoms with Crippen molar-refractivity contribution in [1.29, 1.82) is 0 Å². The fourth-order valence-electron chi connectivity index (χ4n) is 2.79. The van der Waals surface area contributed by atoms with Gasteiger partial charge in [-0.25, -0.2) is 9.55 Å². The minimum absolute atomic E-state index is 0.140. The first-order valence-corrected chi connectivity index (χ1v) is 7.95. The highest BCUT2D eigenvalue weighted by molar-refractivity contribution is 5.92. The summed E-state index contributed by atoms with van der Waals surface area (Å²) in [6, 6.07) is 7.05. The third-order valence-corrected chi connectivity index (χ3v) is 4.12. The molecule has 138 valence electrons. The summed E-state index contributed by atoms with van der Waals surface area (Å²) in [6.45, 7) is 1.25. The number of carbonyl (C=O) groups is 1. The number of hydrogen-bond acceptors (Lipinski definition) is 6. The van der Waals surface area contributed by atoms with Crippen LogP contribution in [0.3, 0.4) is 0 Å². The first kappa shape index (κ1) is 18.1. The fourth-order valence-corrected chi connectivity index (χ4v) is 2.79. The van der Waals surface area contributed by atoms with Gasteiger partial charge in [-0.15, -0.1) is 0 Å². The van der Waals surface area contributed by atoms with Crippen LogP contribution in [0.15, 0.2) is 35.3 Å². The molecular weight excluding hydrogens is 352 g/mol. The molecule has 2 aromatic heterocycles. The number of aryl methyl sites for hydroxylation is 1. The Labute approximate surface area is 153 Å². The number of rotatable bonds is 4. The maximum Gasteiger partial charge on any atom is 0.342 e. The monoisotopic (exact) mass is 368 g/mol. The summed E-state index contributed by atoms with van der Waals surface area (Å²) in [4.78, 5) is 38.7. The molecule has 2 heterocycles. The average molecular weight is 368 g/mol. The molecule has 3 rings (SSSR count). The van der Waals surface area contributed by atoms with Crippen molar-refractivity contribution in [3.63, 3.8) is 0 Å². The molecule has 0 fully saturated rings. The molecule has 3 aromatic rings. The summed E-state index contributed by atoms with van der Waals surface area (Å²) in [6.07, 6.45) is 4.04. The summed E-state index contributed by atoms with van der Waals surface area (Å²) in [5.74, 6) is -0.316. The summed E-state index contributed by atoms with van der Waals surface area (Å²) in [5.41, 5.74) is 0.394. The molecule has 0 aliphatic heterocycles. The average Bonchev–Trinajstić information content (AvgIpc) is 2.99. The molecule has 0 N–H and O–H groups in total. The van der Waals surface area contributed by atoms with Crippen molar-refractivity contribution in [1.82, 2.24) is 14.1 Å². The number of esters is 1. The van der Waals surface area contributed by atoms with Gasteiger partial charge in [-0.3, -0.25) is 9.59 Å². The van der Waals surface area contributed by atoms with Gasteiger partial charge in [0.05, 0.1) is 18.1 Å². The minimum Gasteiger partial charge on any atom is -0.425 e. The Morgan fingerprint density at radius 3 is 2.56 bits per heavy atom. The molecule has 0 aliphatic carbocycles. The minimum atomic E-state index is -0.560. The summed E-state index contributed by atoms with van der Waals surface area (Å²) >= 11 is 0. The van der Waals surface area contributed by atoms with Crippen molar-refractivity contribution in [2.75, 3.05) is 0 Å². The van der Waals surface area contributed by atoms with Gasteiger partial charge in [0.2, 0.25) is 5.82 Å². The molecule has 0 bridgehead atoms. The Morgan fingerprint density at radius 1 is 1.22 bits per heavy atom. The van der Waals surface area contributed by atoms with Crippen molar-refractivity contribution in [2.24, 2.45) is 14.1 Å². The number of nitro groups is 1. The van der Waals surface area contributed by atoms with Gasteiger partial charge in [-0.05, 0) is 23.1 Å². The van der Waals surface area contributed by atoms with Gasteiger partial charge in [-0.1, -0.05) is 12.1 Å². The van der Waals surface area contributed by atoms with Crippen LogP contribution in [0.4, 0.5) is 5.82 Å². The van der Waals surface area contributed by atoms with Crippen LogP contribution in [0.2, 0.25) is 0 Å². The van der Waals surface area contributed by atoms with Gasteiger partial charge >= 0.3 is 11.8 Å². The molecule has 9 nitrogen and oxygen atoms in total. The summed E-state index contributed by atoms with van der Waals surface area (Å²) < 4.78 is 8.05. The molecule has 0 saturated carbocycles. The van der Waals surface area contributed by atoms with E-state index in [4.69, 9.17) is 4.74 Å². The van der Waals surface area contributed by atoms with E-state index in [0.717, 1.165) is 6.20 Å². The largest absolute Gasteiger partial charge is 0.425 e. The van der Waals surface area contributed by atoms with E-state index in [-0.39, 0.29) is 28.5 Å². The van der Waals surface area contributed by atoms with Crippen LogP contribution in [0.5, 0.6) is 5.75 Å². The topological polar surface area (TPSA) is 109 Å². The molecule has 0 unspecified atom stereocenters. The lowest BCUT2D eigenvalue weighted by molar-refractivity contribution is -0.391. The second kappa shape index (κ2) is 6.87. The van der Waals surface area contributed by atoms with E-state index in [2.05, 4.69) is 4.98 Å². The second-order valence-corrected chi connectivity index (χ2v) is 5.84. The zero-order valence-electron chi connectivity index (χ0n) is 14.9. The first-order chi connectivity index (χ1) is 12.8. The molecule has 0 saturated heterocycles. The fraction of sp³-hybridized carbons (Fsp3) is 0.167. The van der Waals surface area contributed by atoms with Gasteiger partial charge < -0.3 is 19.4 Å². The van der Waals surface area contributed by atoms with Gasteiger partial charge in [0.15, 0.2) is 5.75 Å². The third kappa shape index (κ3) is 3.22. The standard InChI is InChI=1S/C18H16N4O5/c1-11(23)27-17-12-6-4-5-7-14(12)20(2)18(24)13(17)8-9-15-19-10-16(21(15)3)22(25)26/h4-10H,1-3H3/b9-8+. The van der Waals surface area contributed by atoms with E-state index in [9.17, 15) is 19.7 Å². The Hall–Kier alpha value is -3.75. The number of para-hydroxylation sites is 1. The van der Waals surface area contributed by atoms with Gasteiger partial charge in [0.1, 0.15) is 6.20 Å². The number of benzene rings is 1. The lowest BCUT2D eigenvalue weighted by Crippen LogP contribution is -2.21. The van der Waals surface area contributed by atoms with E-state index in [1.54, 1.807) is 31.3 Å². The van der Waals surface area contributed by atoms with Crippen LogP contribution in [-0.2, 0) is 18.9 Å². The number of nitrogens with zero attached hydrogens (tertiary/aromatic N) is 4. The maximum atomic E-state index is 12.8. The van der Waals surface area contributed by atoms with Crippen LogP contribution in [0.1, 0.15) is 18.3 Å². The maximum absolute atomic E-state index is 12.8. The first-order valence-electron chi connectivity index (χ1n) is 7.95. The summed E-state index contributed by atoms with van der Waals surface area (Å²) in [5, 5.41) is 11.5. The number of aromatic nitrogens is 3. The highest BCUT2D eigenvalue weighted by atomic mass is 16.6. The van der Waals surface area contributed by atoms with E-state index >= 15 is 0 Å². The Bertz CT molecular complexity index is 1160. The normalized spacial score (nSPS) is 11.2. The Balaban J connectivity index is 2.21. The van der Waals surface area contributed by atoms with Crippen LogP contribution < -0.4 is 10.3 Å². The quantitative estimate of drug-likeness (QED) is 0.397. The molecule has 0 aliphatic rings. The van der Waals surface area contributed by atoms with Crippen molar-refractivity contribution in [3.05, 3.63) is 62.3 Å². The van der Waals surface area contributed by atoms with Crippen molar-refractivity contribution < 1.29 is 14.5 Å². The van der Waals surface area contributed by atoms with Gasteiger partial charge in [0, 0.05) is 25.4 Å². The molecule has 0 amide bonds. The lowest BCUT2D eigenvalue weighted by atomic mass is 10.1. The number of fused-ring (bicyclic) bond motifs is 1. The van der Waals surface area contributed by atoms with E-state index < -0.39 is 10.9 Å². The smallest absolute Gasteiger partial charge is 0.342 e. The van der Waals surface area contributed by atoms with Gasteiger partial charge in [0.25, 0.3) is 5.56 Å². The zero-order valence-corrected chi connectivity index (χ0v) is 14.9. The predicted octanol–water partition coefficient (Wildman–Crippen LogP) is 2.28. The van der Waals surface area contributed by atoms with Crippen LogP contribution in [0.25, 0.3) is 23.1 Å². The van der Waals surface area contributed by atoms with Crippen molar-refractivity contribution >= 4 is 34.8 Å². The lowest BCUT2D eigenvalue weighted by Gasteiger charge is -2.12. The van der Waals surface area contributed by atoms with E-state index in [0.29, 0.717) is 10.9 Å². The molecular formula is C18H16N4O5. The molecule has 0 radical (unpaired) electrons. The van der Waals surface area contributed by atoms with Crippen LogP contribution >= 0.6 is 0 Å². The Kier molecular flexibility index (Phi) is 4.59. The number of carbonyl (C=O) groups excluding carboxylic acids is 1. The SMILES string of the molecule is CC(=O)Oc1c(/C=C/c2ncc([N+](=O)[O-])n2C)c(=O)n(C)c2ccccc12. The molecule has 1 aromatic carbocycles. The van der Waals surface area contributed by atoms with E-state index in [1.165, 1.54) is 35.3 Å². The second-order valence-electron chi connectivity index (χ2n) is 5.84. The molecule has 27 heavy (non-hydrogen) atoms. The molecule has 0 spiro atoms. The number of pyridine rings is 1. The Morgan fingerprint density at radius 2 is 1.93 bits per heavy atom. The molecule has 0 atom stereocenters. The molecule has 9 heteroatoms. The number of ether oxygens (including phenoxy) is 1. The van der Waals surface area contributed by atoms with E-state index in [1.807, 2.05) is 0 Å². The van der Waals surface area contributed by atoms with Gasteiger partial charge in [-0.2, -0.15) is 0 Å². The number of imidazole rings is 1. The highest BCUT2D eigenvalue weighted by Gasteiger charge is 2.18.